The number of amides is 1. The molecule has 10 rings (SSSR count). The molecular formula is C69H118N2O57. The molecule has 10 aliphatic rings. The summed E-state index contributed by atoms with van der Waals surface area (Å²) in [5.74, 6) is -6.44. The monoisotopic (exact) mass is 1890 g/mol. The molecule has 10 fully saturated rings. The molecule has 10 aliphatic heterocycles. The number of nitrogens with one attached hydrogen (secondary N) is 1. The van der Waals surface area contributed by atoms with Gasteiger partial charge in [-0.3, -0.25) is 4.79 Å². The van der Waals surface area contributed by atoms with E-state index in [9.17, 15) is 193 Å². The van der Waals surface area contributed by atoms with Crippen molar-refractivity contribution in [2.75, 3.05) is 66.1 Å². The van der Waals surface area contributed by atoms with Crippen molar-refractivity contribution in [2.24, 2.45) is 5.73 Å². The van der Waals surface area contributed by atoms with Crippen LogP contribution in [0, 0.1) is 0 Å². The maximum atomic E-state index is 13.1. The van der Waals surface area contributed by atoms with E-state index in [4.69, 9.17) is 95.7 Å². The number of nitrogens with two attached hydrogens (primary N) is 1. The van der Waals surface area contributed by atoms with E-state index in [1.165, 1.54) is 0 Å². The molecule has 0 aromatic carbocycles. The van der Waals surface area contributed by atoms with Gasteiger partial charge in [-0.05, 0) is 0 Å². The van der Waals surface area contributed by atoms with Crippen LogP contribution in [0.15, 0.2) is 0 Å². The predicted octanol–water partition coefficient (Wildman–Crippen LogP) is -26.0. The molecule has 10 saturated heterocycles. The zero-order valence-corrected chi connectivity index (χ0v) is 67.2. The van der Waals surface area contributed by atoms with Crippen LogP contribution < -0.4 is 11.1 Å². The second kappa shape index (κ2) is 45.8. The zero-order chi connectivity index (χ0) is 94.8. The lowest BCUT2D eigenvalue weighted by Gasteiger charge is -2.52. The molecule has 59 nitrogen and oxygen atoms in total. The number of rotatable bonds is 37. The topological polar surface area (TPSA) is 976 Å². The lowest BCUT2D eigenvalue weighted by atomic mass is 9.91. The van der Waals surface area contributed by atoms with Crippen molar-refractivity contribution in [3.63, 3.8) is 0 Å². The Bertz CT molecular complexity index is 3390. The molecule has 10 heterocycles. The van der Waals surface area contributed by atoms with E-state index in [0.717, 1.165) is 6.92 Å². The Morgan fingerprint density at radius 3 is 1.30 bits per heavy atom. The van der Waals surface area contributed by atoms with Gasteiger partial charge < -0.3 is 285 Å². The van der Waals surface area contributed by atoms with Crippen LogP contribution in [0.1, 0.15) is 13.3 Å². The quantitative estimate of drug-likeness (QED) is 0.0275. The van der Waals surface area contributed by atoms with Gasteiger partial charge in [-0.1, -0.05) is 0 Å². The Balaban J connectivity index is 0.996. The molecule has 55 atom stereocenters. The summed E-state index contributed by atoms with van der Waals surface area (Å²) in [5, 5.41) is 402. The van der Waals surface area contributed by atoms with Gasteiger partial charge in [0.25, 0.3) is 5.79 Å². The van der Waals surface area contributed by atoms with Gasteiger partial charge in [0, 0.05) is 13.3 Å². The predicted molar refractivity (Wildman–Crippen MR) is 384 cm³/mol. The average Bonchev–Trinajstić information content (AvgIpc) is 1.06. The van der Waals surface area contributed by atoms with E-state index < -0.39 is 421 Å². The Labute approximate surface area is 720 Å². The summed E-state index contributed by atoms with van der Waals surface area (Å²) in [7, 11) is 0. The second-order valence-electron chi connectivity index (χ2n) is 32.3. The fourth-order valence-electron chi connectivity index (χ4n) is 16.2. The SMILES string of the molecule is CC(=O)N[C@H]1[C@@H](OC[C@H]2O[C@H](O[C@H]3[C@H](O)[C@H](O)[C@@H](O[C@@H]4[C@@H](O[C@@H]5[C@H](O)[C@@H](O[C@@H]([C@@H]6OC(O)(C(=O)O)C[C@H]6O)[C@H](O)CO)O[C@H]([C@H](CO)O[C@H]6O[C@H]([C@@H](O)CO)[C@@H](O)[C@H](O)[C@@H]6O)[C@H]5O[C@@H]5O[C@H]([C@@H](O)CO[C@H]6O[C@H](CO)[C@@H](O)[C@H](O)[C@H]6N)[C@@H](O)[C@H](O)[C@@H]5O)O[C@H]([C@@H](O)CO)[C@@H](O)[C@@H]4O)O[C@@H]3[C@@H](O)CO)[C@H](O)[C@@H](O)[C@@H]2O)O[C@H](CO)[C@H](O[C@H]2O[C@H](CO)[C@H](O)[C@H](O)[C@H]2O)[C@@H]1O. The molecule has 1 unspecified atom stereocenters. The largest absolute Gasteiger partial charge is 0.477 e. The third-order valence-corrected chi connectivity index (χ3v) is 23.6. The van der Waals surface area contributed by atoms with Crippen molar-refractivity contribution < 1.29 is 283 Å². The van der Waals surface area contributed by atoms with Crippen molar-refractivity contribution >= 4 is 11.9 Å². The maximum Gasteiger partial charge on any atom is 0.364 e. The molecule has 128 heavy (non-hydrogen) atoms. The fourth-order valence-corrected chi connectivity index (χ4v) is 16.2. The highest BCUT2D eigenvalue weighted by molar-refractivity contribution is 5.75. The Morgan fingerprint density at radius 1 is 0.367 bits per heavy atom. The van der Waals surface area contributed by atoms with Crippen molar-refractivity contribution in [2.45, 2.75) is 350 Å². The van der Waals surface area contributed by atoms with Gasteiger partial charge in [0.05, 0.1) is 78.2 Å². The maximum absolute atomic E-state index is 13.1. The lowest BCUT2D eigenvalue weighted by molar-refractivity contribution is -0.419. The van der Waals surface area contributed by atoms with Crippen LogP contribution in [-0.2, 0) is 99.6 Å². The van der Waals surface area contributed by atoms with Gasteiger partial charge >= 0.3 is 5.97 Å². The first-order chi connectivity index (χ1) is 60.3. The summed E-state index contributed by atoms with van der Waals surface area (Å²) < 4.78 is 111. The Hall–Kier alpha value is -3.26. The highest BCUT2D eigenvalue weighted by Gasteiger charge is 2.64. The van der Waals surface area contributed by atoms with Gasteiger partial charge in [0.1, 0.15) is 262 Å². The number of carbonyl (C=O) groups is 2. The molecule has 0 bridgehead atoms. The number of aliphatic hydroxyl groups excluding tert-OH is 34. The van der Waals surface area contributed by atoms with Crippen molar-refractivity contribution in [1.29, 1.82) is 0 Å². The molecule has 0 saturated carbocycles. The molecule has 1 amide bonds. The van der Waals surface area contributed by atoms with E-state index in [0.29, 0.717) is 0 Å². The van der Waals surface area contributed by atoms with Crippen molar-refractivity contribution in [3.8, 4) is 0 Å². The molecule has 59 heteroatoms. The van der Waals surface area contributed by atoms with Crippen LogP contribution in [-0.4, -0.2) is 599 Å². The second-order valence-corrected chi connectivity index (χ2v) is 32.3. The summed E-state index contributed by atoms with van der Waals surface area (Å²) in [5.41, 5.74) is 6.00. The number of carbonyl (C=O) groups excluding carboxylic acids is 1. The standard InChI is InChI=1S/C69H118N2O57/c1-13(80)71-26-31(91)53(122-61-41(101)32(92)28(88)21(8-77)113-61)22(9-78)114-60(26)111-12-24-29(89)33(93)42(102)63(116-24)124-55-40(100)45(105)65(121-51(55)18(85)6-75)126-57-39(99)38(98)48(16(83)4-73)119-67(57)125-56-46(106)66(120-50(17(84)5-74)52-14(81)2-69(109,128-52)68(107)108)123-54(23(10-79)115-62-43(103)34(94)36(96)47(117-62)15(82)3-72)58(56)127-64-44(104)35(95)37(97)49(118-64)19(86)11-110-59-25(70)30(90)27(87)20(7-76)112-59/h14-67,72-79,81-106,109H,2-12,70H2,1H3,(H,71,80)(H,107,108)/t14-,15+,16+,17-,18+,19+,20-,21-,22-,23+,24-,25-,26-,27-,28+,29-,30-,31-,32+,33+,34+,35+,36+,37+,38+,39+,40-,41-,42-,43+,44+,45+,46+,47-,48-,49-,50-,51-,52-,53+,54-,55+,56-,57+,58-,59+,60+,61-,62+,63-,64+,65-,66+,67-,69?/m1/s1. The van der Waals surface area contributed by atoms with Gasteiger partial charge in [-0.15, -0.1) is 0 Å². The number of aliphatic hydroxyl groups is 35. The number of hydrogen-bond acceptors (Lipinski definition) is 57. The molecule has 0 aliphatic carbocycles. The van der Waals surface area contributed by atoms with Gasteiger partial charge in [0.2, 0.25) is 5.91 Å². The molecule has 746 valence electrons. The van der Waals surface area contributed by atoms with Crippen LogP contribution in [0.2, 0.25) is 0 Å². The Morgan fingerprint density at radius 2 is 0.773 bits per heavy atom. The zero-order valence-electron chi connectivity index (χ0n) is 67.2. The van der Waals surface area contributed by atoms with Gasteiger partial charge in [0.15, 0.2) is 56.6 Å². The number of aliphatic carboxylic acids is 1. The number of hydrogen-bond donors (Lipinski definition) is 38. The molecular weight excluding hydrogens is 1770 g/mol. The van der Waals surface area contributed by atoms with E-state index in [1.807, 2.05) is 0 Å². The highest BCUT2D eigenvalue weighted by Crippen LogP contribution is 2.43. The van der Waals surface area contributed by atoms with Crippen LogP contribution in [0.3, 0.4) is 0 Å². The minimum atomic E-state index is -3.36. The lowest BCUT2D eigenvalue weighted by Crippen LogP contribution is -2.71. The first-order valence-corrected chi connectivity index (χ1v) is 40.3. The number of ether oxygens (including phenoxy) is 19. The minimum absolute atomic E-state index is 0.897. The highest BCUT2D eigenvalue weighted by atomic mass is 16.8. The van der Waals surface area contributed by atoms with Crippen molar-refractivity contribution in [1.82, 2.24) is 5.32 Å². The molecule has 0 aromatic heterocycles. The normalized spacial score (nSPS) is 49.2. The fraction of sp³-hybridized carbons (Fsp3) is 0.971. The van der Waals surface area contributed by atoms with E-state index >= 15 is 0 Å². The minimum Gasteiger partial charge on any atom is -0.477 e. The summed E-state index contributed by atoms with van der Waals surface area (Å²) in [4.78, 5) is 25.0. The Kier molecular flexibility index (Phi) is 38.2. The molecule has 0 spiro atoms. The van der Waals surface area contributed by atoms with E-state index in [2.05, 4.69) is 5.32 Å². The van der Waals surface area contributed by atoms with Gasteiger partial charge in [-0.25, -0.2) is 4.79 Å². The van der Waals surface area contributed by atoms with Crippen LogP contribution >= 0.6 is 0 Å². The summed E-state index contributed by atoms with van der Waals surface area (Å²) in [6.07, 6.45) is -124. The first-order valence-electron chi connectivity index (χ1n) is 40.3. The molecule has 0 aromatic rings. The summed E-state index contributed by atoms with van der Waals surface area (Å²) in [6.45, 7) is -11.5. The number of carboxylic acids is 1. The van der Waals surface area contributed by atoms with E-state index in [1.54, 1.807) is 0 Å². The average molecular weight is 1890 g/mol. The third kappa shape index (κ3) is 22.8. The first kappa shape index (κ1) is 107. The number of carboxylic acid groups (broad SMARTS) is 1. The van der Waals surface area contributed by atoms with Crippen LogP contribution in [0.5, 0.6) is 0 Å². The molecule has 39 N–H and O–H groups in total. The smallest absolute Gasteiger partial charge is 0.364 e. The van der Waals surface area contributed by atoms with Crippen LogP contribution in [0.4, 0.5) is 0 Å². The third-order valence-electron chi connectivity index (χ3n) is 23.6. The van der Waals surface area contributed by atoms with Crippen molar-refractivity contribution in [3.05, 3.63) is 0 Å². The van der Waals surface area contributed by atoms with E-state index in [-0.39, 0.29) is 0 Å². The van der Waals surface area contributed by atoms with Gasteiger partial charge in [-0.2, -0.15) is 0 Å². The summed E-state index contributed by atoms with van der Waals surface area (Å²) in [6, 6.07) is -3.44. The van der Waals surface area contributed by atoms with Crippen LogP contribution in [0.25, 0.3) is 0 Å². The summed E-state index contributed by atoms with van der Waals surface area (Å²) >= 11 is 0. The molecule has 0 radical (unpaired) electrons.